The summed E-state index contributed by atoms with van der Waals surface area (Å²) in [6.45, 7) is -1.88. The van der Waals surface area contributed by atoms with Gasteiger partial charge in [0.1, 0.15) is 11.4 Å². The van der Waals surface area contributed by atoms with Crippen LogP contribution in [0, 0.1) is 0 Å². The van der Waals surface area contributed by atoms with Crippen LogP contribution in [-0.4, -0.2) is 25.4 Å². The summed E-state index contributed by atoms with van der Waals surface area (Å²) >= 11 is 5.87. The summed E-state index contributed by atoms with van der Waals surface area (Å²) in [5, 5.41) is 0.543. The fraction of sp³-hybridized carbons (Fsp3) is 0.263. The van der Waals surface area contributed by atoms with Crippen LogP contribution in [0.4, 0.5) is 8.78 Å². The van der Waals surface area contributed by atoms with Gasteiger partial charge in [0.2, 0.25) is 0 Å². The lowest BCUT2D eigenvalue weighted by Gasteiger charge is -2.15. The second-order valence-electron chi connectivity index (χ2n) is 6.23. The number of halogens is 3. The summed E-state index contributed by atoms with van der Waals surface area (Å²) in [6, 6.07) is 11.3. The van der Waals surface area contributed by atoms with Gasteiger partial charge in [0.25, 0.3) is 0 Å². The second-order valence-corrected chi connectivity index (χ2v) is 6.66. The van der Waals surface area contributed by atoms with Gasteiger partial charge >= 0.3 is 6.61 Å². The molecule has 0 aliphatic carbocycles. The third kappa shape index (κ3) is 4.00. The second kappa shape index (κ2) is 7.34. The van der Waals surface area contributed by atoms with E-state index in [1.165, 1.54) is 6.07 Å². The Kier molecular flexibility index (Phi) is 4.90. The number of hydrogen-bond acceptors (Lipinski definition) is 5. The Morgan fingerprint density at radius 2 is 1.93 bits per heavy atom. The normalized spacial score (nSPS) is 21.4. The maximum absolute atomic E-state index is 12.7. The van der Waals surface area contributed by atoms with E-state index in [4.69, 9.17) is 25.9 Å². The van der Waals surface area contributed by atoms with Crippen molar-refractivity contribution < 1.29 is 27.8 Å². The smallest absolute Gasteiger partial charge is 0.387 e. The van der Waals surface area contributed by atoms with Gasteiger partial charge in [-0.25, -0.2) is 0 Å². The van der Waals surface area contributed by atoms with Gasteiger partial charge in [0.15, 0.2) is 11.5 Å². The highest BCUT2D eigenvalue weighted by Crippen LogP contribution is 2.38. The van der Waals surface area contributed by atoms with E-state index in [0.29, 0.717) is 35.2 Å². The average molecular weight is 396 g/mol. The predicted octanol–water partition coefficient (Wildman–Crippen LogP) is 4.77. The summed E-state index contributed by atoms with van der Waals surface area (Å²) in [5.41, 5.74) is 3.81. The van der Waals surface area contributed by atoms with Crippen molar-refractivity contribution in [1.82, 2.24) is 5.48 Å². The predicted molar refractivity (Wildman–Crippen MR) is 95.0 cm³/mol. The third-order valence-electron chi connectivity index (χ3n) is 4.30. The molecule has 2 aliphatic heterocycles. The largest absolute Gasteiger partial charge is 0.453 e. The first-order valence-electron chi connectivity index (χ1n) is 8.30. The summed E-state index contributed by atoms with van der Waals surface area (Å²) in [4.78, 5) is 5.66. The minimum absolute atomic E-state index is 0.0675. The van der Waals surface area contributed by atoms with E-state index in [9.17, 15) is 8.78 Å². The highest BCUT2D eigenvalue weighted by Gasteiger charge is 2.39. The van der Waals surface area contributed by atoms with Gasteiger partial charge in [-0.05, 0) is 48.5 Å². The van der Waals surface area contributed by atoms with E-state index >= 15 is 0 Å². The summed E-state index contributed by atoms with van der Waals surface area (Å²) in [5.74, 6) is 0.532. The molecule has 2 aliphatic rings. The first kappa shape index (κ1) is 18.0. The fourth-order valence-electron chi connectivity index (χ4n) is 2.96. The Balaban J connectivity index is 1.65. The number of hydroxylamine groups is 1. The zero-order valence-electron chi connectivity index (χ0n) is 14.1. The van der Waals surface area contributed by atoms with Crippen molar-refractivity contribution in [2.24, 2.45) is 0 Å². The van der Waals surface area contributed by atoms with Crippen LogP contribution in [0.5, 0.6) is 17.2 Å². The fourth-order valence-corrected chi connectivity index (χ4v) is 3.08. The molecule has 1 N–H and O–H groups in total. The van der Waals surface area contributed by atoms with Crippen molar-refractivity contribution in [1.29, 1.82) is 0 Å². The average Bonchev–Trinajstić information content (AvgIpc) is 3.28. The van der Waals surface area contributed by atoms with E-state index in [1.54, 1.807) is 36.4 Å². The van der Waals surface area contributed by atoms with Crippen molar-refractivity contribution in [2.45, 2.75) is 18.6 Å². The Morgan fingerprint density at radius 1 is 1.11 bits per heavy atom. The molecule has 27 heavy (non-hydrogen) atoms. The molecule has 8 heteroatoms. The van der Waals surface area contributed by atoms with Gasteiger partial charge in [0, 0.05) is 23.6 Å². The molecule has 1 saturated heterocycles. The van der Waals surface area contributed by atoms with Gasteiger partial charge in [-0.3, -0.25) is 10.3 Å². The number of alkyl halides is 2. The molecule has 1 spiro atoms. The molecule has 142 valence electrons. The third-order valence-corrected chi connectivity index (χ3v) is 4.55. The lowest BCUT2D eigenvalue weighted by atomic mass is 10.0. The van der Waals surface area contributed by atoms with Crippen molar-refractivity contribution in [2.75, 3.05) is 13.2 Å². The van der Waals surface area contributed by atoms with Crippen molar-refractivity contribution >= 4 is 17.3 Å². The SMILES string of the molecule is FC(F)Oc1ccc(C2=CC3(CCOC3)ON2)cc1Oc1ccc(Cl)cc1. The molecule has 5 nitrogen and oxygen atoms in total. The van der Waals surface area contributed by atoms with E-state index in [2.05, 4.69) is 10.2 Å². The van der Waals surface area contributed by atoms with Gasteiger partial charge in [-0.1, -0.05) is 11.6 Å². The molecule has 2 heterocycles. The monoisotopic (exact) mass is 395 g/mol. The molecule has 0 radical (unpaired) electrons. The molecule has 2 aromatic rings. The molecule has 1 fully saturated rings. The highest BCUT2D eigenvalue weighted by molar-refractivity contribution is 6.30. The van der Waals surface area contributed by atoms with E-state index < -0.39 is 12.2 Å². The van der Waals surface area contributed by atoms with Gasteiger partial charge in [-0.15, -0.1) is 0 Å². The van der Waals surface area contributed by atoms with Crippen molar-refractivity contribution in [3.05, 3.63) is 59.1 Å². The Labute approximate surface area is 159 Å². The van der Waals surface area contributed by atoms with E-state index in [1.807, 2.05) is 6.08 Å². The van der Waals surface area contributed by atoms with Crippen LogP contribution in [0.15, 0.2) is 48.5 Å². The minimum Gasteiger partial charge on any atom is -0.453 e. The number of ether oxygens (including phenoxy) is 3. The van der Waals surface area contributed by atoms with Crippen LogP contribution in [0.2, 0.25) is 5.02 Å². The zero-order valence-corrected chi connectivity index (χ0v) is 14.8. The molecule has 1 atom stereocenters. The van der Waals surface area contributed by atoms with Crippen LogP contribution in [0.25, 0.3) is 5.70 Å². The first-order valence-corrected chi connectivity index (χ1v) is 8.68. The van der Waals surface area contributed by atoms with Crippen LogP contribution in [0.1, 0.15) is 12.0 Å². The van der Waals surface area contributed by atoms with Crippen molar-refractivity contribution in [3.8, 4) is 17.2 Å². The molecule has 2 aromatic carbocycles. The standard InChI is InChI=1S/C19H16ClF2NO4/c20-13-2-4-14(5-3-13)25-17-9-12(1-6-16(17)26-18(21)22)15-10-19(27-23-15)7-8-24-11-19/h1-6,9-10,18,23H,7-8,11H2. The Morgan fingerprint density at radius 3 is 2.63 bits per heavy atom. The Hall–Kier alpha value is -2.35. The molecule has 0 bridgehead atoms. The maximum atomic E-state index is 12.7. The highest BCUT2D eigenvalue weighted by atomic mass is 35.5. The first-order chi connectivity index (χ1) is 13.0. The van der Waals surface area contributed by atoms with Crippen molar-refractivity contribution in [3.63, 3.8) is 0 Å². The van der Waals surface area contributed by atoms with Crippen LogP contribution < -0.4 is 15.0 Å². The minimum atomic E-state index is -2.96. The molecular formula is C19H16ClF2NO4. The van der Waals surface area contributed by atoms with Gasteiger partial charge in [-0.2, -0.15) is 8.78 Å². The molecule has 4 rings (SSSR count). The topological polar surface area (TPSA) is 49.0 Å². The summed E-state index contributed by atoms with van der Waals surface area (Å²) in [6.07, 6.45) is 2.68. The summed E-state index contributed by atoms with van der Waals surface area (Å²) in [7, 11) is 0. The lowest BCUT2D eigenvalue weighted by Crippen LogP contribution is -2.29. The molecular weight excluding hydrogens is 380 g/mol. The van der Waals surface area contributed by atoms with Crippen LogP contribution in [0.3, 0.4) is 0 Å². The molecule has 1 unspecified atom stereocenters. The summed E-state index contributed by atoms with van der Waals surface area (Å²) < 4.78 is 41.2. The van der Waals surface area contributed by atoms with Crippen LogP contribution >= 0.6 is 11.6 Å². The van der Waals surface area contributed by atoms with Gasteiger partial charge in [0.05, 0.1) is 12.3 Å². The van der Waals surface area contributed by atoms with E-state index in [-0.39, 0.29) is 11.5 Å². The van der Waals surface area contributed by atoms with E-state index in [0.717, 1.165) is 6.42 Å². The quantitative estimate of drug-likeness (QED) is 0.790. The van der Waals surface area contributed by atoms with Gasteiger partial charge < -0.3 is 14.2 Å². The number of rotatable bonds is 5. The number of hydrogen-bond donors (Lipinski definition) is 1. The number of benzene rings is 2. The van der Waals surface area contributed by atoms with Crippen LogP contribution in [-0.2, 0) is 9.57 Å². The molecule has 0 amide bonds. The molecule has 0 saturated carbocycles. The Bertz CT molecular complexity index is 851. The maximum Gasteiger partial charge on any atom is 0.387 e. The lowest BCUT2D eigenvalue weighted by molar-refractivity contribution is -0.0510. The molecule has 0 aromatic heterocycles. The number of nitrogens with one attached hydrogen (secondary N) is 1. The zero-order chi connectivity index (χ0) is 18.9.